The first-order chi connectivity index (χ1) is 7.23. The summed E-state index contributed by atoms with van der Waals surface area (Å²) in [4.78, 5) is 0. The Morgan fingerprint density at radius 3 is 2.25 bits per heavy atom. The van der Waals surface area contributed by atoms with Crippen LogP contribution in [0.15, 0.2) is 0 Å². The lowest BCUT2D eigenvalue weighted by atomic mass is 10.5. The first-order valence-electron chi connectivity index (χ1n) is 4.83. The van der Waals surface area contributed by atoms with Crippen molar-refractivity contribution in [2.24, 2.45) is 0 Å². The van der Waals surface area contributed by atoms with Crippen molar-refractivity contribution in [1.29, 1.82) is 0 Å². The van der Waals surface area contributed by atoms with E-state index in [2.05, 4.69) is 0 Å². The highest BCUT2D eigenvalue weighted by Gasteiger charge is 2.35. The highest BCUT2D eigenvalue weighted by atomic mass is 35.5. The third-order valence-corrected chi connectivity index (χ3v) is 3.93. The number of sulfonamides is 1. The van der Waals surface area contributed by atoms with Gasteiger partial charge in [0.05, 0.1) is 5.75 Å². The third kappa shape index (κ3) is 6.55. The fraction of sp³-hybridized carbons (Fsp3) is 1.00. The van der Waals surface area contributed by atoms with Crippen LogP contribution in [0, 0.1) is 0 Å². The first kappa shape index (κ1) is 16.0. The smallest absolute Gasteiger partial charge is 0.212 e. The van der Waals surface area contributed by atoms with Crippen molar-refractivity contribution in [3.05, 3.63) is 0 Å². The van der Waals surface area contributed by atoms with Crippen LogP contribution in [0.2, 0.25) is 0 Å². The summed E-state index contributed by atoms with van der Waals surface area (Å²) in [6.07, 6.45) is -4.01. The molecule has 0 saturated carbocycles. The molecule has 0 aromatic carbocycles. The van der Waals surface area contributed by atoms with Crippen LogP contribution >= 0.6 is 11.6 Å². The van der Waals surface area contributed by atoms with Crippen molar-refractivity contribution in [1.82, 2.24) is 4.31 Å². The van der Waals surface area contributed by atoms with E-state index >= 15 is 0 Å². The Hall–Kier alpha value is -0.0100. The monoisotopic (exact) mass is 281 g/mol. The molecule has 98 valence electrons. The lowest BCUT2D eigenvalue weighted by molar-refractivity contribution is -0.136. The molecule has 0 aliphatic rings. The Balaban J connectivity index is 4.63. The molecule has 0 aromatic rings. The van der Waals surface area contributed by atoms with Crippen molar-refractivity contribution in [2.75, 3.05) is 24.7 Å². The zero-order chi connectivity index (χ0) is 12.8. The second-order valence-electron chi connectivity index (χ2n) is 3.31. The zero-order valence-electron chi connectivity index (χ0n) is 8.93. The molecule has 0 heterocycles. The molecule has 0 aliphatic carbocycles. The average Bonchev–Trinajstić information content (AvgIpc) is 2.12. The molecule has 0 amide bonds. The van der Waals surface area contributed by atoms with Gasteiger partial charge in [0.2, 0.25) is 10.0 Å². The number of hydrogen-bond donors (Lipinski definition) is 0. The van der Waals surface area contributed by atoms with Gasteiger partial charge < -0.3 is 0 Å². The zero-order valence-corrected chi connectivity index (χ0v) is 10.5. The van der Waals surface area contributed by atoms with Crippen LogP contribution in [0.5, 0.6) is 0 Å². The molecule has 0 spiro atoms. The molecule has 0 aromatic heterocycles. The van der Waals surface area contributed by atoms with Gasteiger partial charge in [0.1, 0.15) is 6.54 Å². The van der Waals surface area contributed by atoms with E-state index in [9.17, 15) is 21.6 Å². The van der Waals surface area contributed by atoms with Crippen LogP contribution in [-0.4, -0.2) is 43.6 Å². The Morgan fingerprint density at radius 2 is 1.88 bits per heavy atom. The predicted octanol–water partition coefficient (Wildman–Crippen LogP) is 2.22. The number of nitrogens with zero attached hydrogens (tertiary/aromatic N) is 1. The van der Waals surface area contributed by atoms with Gasteiger partial charge in [-0.15, -0.1) is 11.6 Å². The van der Waals surface area contributed by atoms with Gasteiger partial charge in [-0.25, -0.2) is 8.42 Å². The van der Waals surface area contributed by atoms with Gasteiger partial charge in [0.25, 0.3) is 0 Å². The van der Waals surface area contributed by atoms with Gasteiger partial charge in [0, 0.05) is 12.4 Å². The minimum Gasteiger partial charge on any atom is -0.212 e. The molecular formula is C8H15ClF3NO2S. The van der Waals surface area contributed by atoms with Crippen LogP contribution < -0.4 is 0 Å². The summed E-state index contributed by atoms with van der Waals surface area (Å²) in [5.74, 6) is -0.224. The maximum absolute atomic E-state index is 12.1. The maximum Gasteiger partial charge on any atom is 0.402 e. The topological polar surface area (TPSA) is 37.4 Å². The number of hydrogen-bond acceptors (Lipinski definition) is 2. The Kier molecular flexibility index (Phi) is 6.65. The molecule has 0 N–H and O–H groups in total. The summed E-state index contributed by atoms with van der Waals surface area (Å²) >= 11 is 5.32. The minimum atomic E-state index is -4.51. The van der Waals surface area contributed by atoms with Crippen LogP contribution in [0.4, 0.5) is 13.2 Å². The van der Waals surface area contributed by atoms with Gasteiger partial charge >= 0.3 is 6.18 Å². The van der Waals surface area contributed by atoms with Crippen LogP contribution in [0.1, 0.15) is 19.8 Å². The molecule has 0 aliphatic heterocycles. The highest BCUT2D eigenvalue weighted by Crippen LogP contribution is 2.19. The van der Waals surface area contributed by atoms with Crippen LogP contribution in [0.3, 0.4) is 0 Å². The molecule has 0 saturated heterocycles. The van der Waals surface area contributed by atoms with Gasteiger partial charge in [-0.2, -0.15) is 17.5 Å². The molecular weight excluding hydrogens is 267 g/mol. The van der Waals surface area contributed by atoms with Crippen LogP contribution in [0.25, 0.3) is 0 Å². The Morgan fingerprint density at radius 1 is 1.31 bits per heavy atom. The summed E-state index contributed by atoms with van der Waals surface area (Å²) in [6, 6.07) is 0. The lowest BCUT2D eigenvalue weighted by Gasteiger charge is -2.22. The van der Waals surface area contributed by atoms with Gasteiger partial charge in [-0.3, -0.25) is 0 Å². The van der Waals surface area contributed by atoms with Gasteiger partial charge in [0.15, 0.2) is 0 Å². The Bertz CT molecular complexity index is 292. The second kappa shape index (κ2) is 6.66. The van der Waals surface area contributed by atoms with Crippen LogP contribution in [-0.2, 0) is 10.0 Å². The average molecular weight is 282 g/mol. The van der Waals surface area contributed by atoms with Crippen molar-refractivity contribution < 1.29 is 21.6 Å². The van der Waals surface area contributed by atoms with E-state index in [4.69, 9.17) is 11.6 Å². The number of rotatable bonds is 7. The fourth-order valence-corrected chi connectivity index (χ4v) is 3.00. The largest absolute Gasteiger partial charge is 0.402 e. The maximum atomic E-state index is 12.1. The van der Waals surface area contributed by atoms with E-state index in [1.54, 1.807) is 6.92 Å². The molecule has 0 fully saturated rings. The molecule has 0 bridgehead atoms. The standard InChI is InChI=1S/C8H15ClF3NO2S/c1-2-5-13(7-8(10,11)12)16(14,15)6-3-4-9/h2-7H2,1H3. The fourth-order valence-electron chi connectivity index (χ4n) is 1.13. The van der Waals surface area contributed by atoms with E-state index in [-0.39, 0.29) is 24.6 Å². The predicted molar refractivity (Wildman–Crippen MR) is 57.0 cm³/mol. The molecule has 3 nitrogen and oxygen atoms in total. The van der Waals surface area contributed by atoms with Crippen molar-refractivity contribution in [3.63, 3.8) is 0 Å². The highest BCUT2D eigenvalue weighted by molar-refractivity contribution is 7.89. The molecule has 0 unspecified atom stereocenters. The van der Waals surface area contributed by atoms with Gasteiger partial charge in [-0.1, -0.05) is 6.92 Å². The number of halogens is 4. The van der Waals surface area contributed by atoms with E-state index in [1.807, 2.05) is 0 Å². The van der Waals surface area contributed by atoms with Crippen molar-refractivity contribution >= 4 is 21.6 Å². The van der Waals surface area contributed by atoms with Gasteiger partial charge in [-0.05, 0) is 12.8 Å². The van der Waals surface area contributed by atoms with Crippen molar-refractivity contribution in [3.8, 4) is 0 Å². The summed E-state index contributed by atoms with van der Waals surface area (Å²) in [5.41, 5.74) is 0. The molecule has 0 atom stereocenters. The third-order valence-electron chi connectivity index (χ3n) is 1.76. The molecule has 0 rings (SSSR count). The van der Waals surface area contributed by atoms with E-state index in [0.717, 1.165) is 0 Å². The normalized spacial score (nSPS) is 13.4. The van der Waals surface area contributed by atoms with E-state index in [1.165, 1.54) is 0 Å². The molecule has 0 radical (unpaired) electrons. The lowest BCUT2D eigenvalue weighted by Crippen LogP contribution is -2.40. The first-order valence-corrected chi connectivity index (χ1v) is 6.98. The van der Waals surface area contributed by atoms with E-state index < -0.39 is 22.7 Å². The molecule has 16 heavy (non-hydrogen) atoms. The number of alkyl halides is 4. The van der Waals surface area contributed by atoms with Crippen molar-refractivity contribution in [2.45, 2.75) is 25.9 Å². The minimum absolute atomic E-state index is 0.116. The summed E-state index contributed by atoms with van der Waals surface area (Å²) < 4.78 is 60.0. The summed E-state index contributed by atoms with van der Waals surface area (Å²) in [7, 11) is -3.85. The summed E-state index contributed by atoms with van der Waals surface area (Å²) in [5, 5.41) is 0. The molecule has 8 heteroatoms. The summed E-state index contributed by atoms with van der Waals surface area (Å²) in [6.45, 7) is 0.0794. The second-order valence-corrected chi connectivity index (χ2v) is 5.77. The van der Waals surface area contributed by atoms with E-state index in [0.29, 0.717) is 10.7 Å². The Labute approximate surface area is 98.6 Å². The SMILES string of the molecule is CCCN(CC(F)(F)F)S(=O)(=O)CCCCl. The quantitative estimate of drug-likeness (QED) is 0.671.